The van der Waals surface area contributed by atoms with Gasteiger partial charge in [0.15, 0.2) is 5.82 Å². The quantitative estimate of drug-likeness (QED) is 0.940. The highest BCUT2D eigenvalue weighted by Gasteiger charge is 2.26. The van der Waals surface area contributed by atoms with Gasteiger partial charge in [-0.1, -0.05) is 29.8 Å². The molecule has 0 bridgehead atoms. The van der Waals surface area contributed by atoms with Crippen molar-refractivity contribution in [1.29, 1.82) is 0 Å². The normalized spacial score (nSPS) is 19.5. The number of hydrogen-bond acceptors (Lipinski definition) is 5. The van der Waals surface area contributed by atoms with E-state index >= 15 is 0 Å². The molecule has 118 valence electrons. The Hall–Kier alpha value is -1.72. The second-order valence-electron chi connectivity index (χ2n) is 6.08. The number of piperidine rings is 1. The molecule has 1 saturated heterocycles. The van der Waals surface area contributed by atoms with E-state index in [1.54, 1.807) is 0 Å². The molecular formula is C17H24N4O. The maximum Gasteiger partial charge on any atom is 0.240 e. The largest absolute Gasteiger partial charge is 0.338 e. The Kier molecular flexibility index (Phi) is 4.55. The molecule has 1 aromatic heterocycles. The number of rotatable bonds is 4. The summed E-state index contributed by atoms with van der Waals surface area (Å²) < 4.78 is 5.13. The molecule has 5 heteroatoms. The summed E-state index contributed by atoms with van der Waals surface area (Å²) >= 11 is 0. The van der Waals surface area contributed by atoms with E-state index in [2.05, 4.69) is 47.1 Å². The lowest BCUT2D eigenvalue weighted by Gasteiger charge is -2.36. The Morgan fingerprint density at radius 1 is 1.32 bits per heavy atom. The minimum atomic E-state index is 0.299. The highest BCUT2D eigenvalue weighted by atomic mass is 16.5. The van der Waals surface area contributed by atoms with Crippen LogP contribution in [0.5, 0.6) is 0 Å². The molecule has 0 amide bonds. The predicted molar refractivity (Wildman–Crippen MR) is 85.1 cm³/mol. The van der Waals surface area contributed by atoms with Gasteiger partial charge in [0.1, 0.15) is 0 Å². The van der Waals surface area contributed by atoms with Gasteiger partial charge in [-0.25, -0.2) is 0 Å². The van der Waals surface area contributed by atoms with Crippen LogP contribution in [0.25, 0.3) is 0 Å². The summed E-state index contributed by atoms with van der Waals surface area (Å²) in [7, 11) is 0. The predicted octanol–water partition coefficient (Wildman–Crippen LogP) is 2.87. The Morgan fingerprint density at radius 2 is 2.18 bits per heavy atom. The first-order chi connectivity index (χ1) is 10.7. The summed E-state index contributed by atoms with van der Waals surface area (Å²) in [5.74, 6) is 1.24. The van der Waals surface area contributed by atoms with E-state index in [-0.39, 0.29) is 0 Å². The number of nitrogens with two attached hydrogens (primary N) is 1. The molecule has 1 aliphatic rings. The van der Waals surface area contributed by atoms with Crippen molar-refractivity contribution < 1.29 is 4.52 Å². The molecule has 0 saturated carbocycles. The average Bonchev–Trinajstić information content (AvgIpc) is 2.99. The Labute approximate surface area is 131 Å². The molecule has 0 spiro atoms. The van der Waals surface area contributed by atoms with Crippen molar-refractivity contribution in [2.45, 2.75) is 52.2 Å². The van der Waals surface area contributed by atoms with Gasteiger partial charge in [0.25, 0.3) is 0 Å². The number of benzene rings is 1. The van der Waals surface area contributed by atoms with E-state index in [0.29, 0.717) is 18.5 Å². The summed E-state index contributed by atoms with van der Waals surface area (Å²) in [6.45, 7) is 6.50. The summed E-state index contributed by atoms with van der Waals surface area (Å²) in [6.07, 6.45) is 3.68. The molecule has 1 aliphatic heterocycles. The van der Waals surface area contributed by atoms with Gasteiger partial charge in [-0.15, -0.1) is 0 Å². The first-order valence-corrected chi connectivity index (χ1v) is 8.00. The third-order valence-corrected chi connectivity index (χ3v) is 4.65. The van der Waals surface area contributed by atoms with Crippen molar-refractivity contribution in [3.05, 3.63) is 46.6 Å². The van der Waals surface area contributed by atoms with Gasteiger partial charge in [-0.2, -0.15) is 4.98 Å². The molecule has 1 aromatic carbocycles. The lowest BCUT2D eigenvalue weighted by molar-refractivity contribution is 0.135. The van der Waals surface area contributed by atoms with Crippen LogP contribution in [0.1, 0.15) is 53.7 Å². The molecule has 3 rings (SSSR count). The van der Waals surface area contributed by atoms with Crippen molar-refractivity contribution in [3.63, 3.8) is 0 Å². The molecule has 2 aromatic rings. The van der Waals surface area contributed by atoms with Crippen LogP contribution < -0.4 is 5.73 Å². The topological polar surface area (TPSA) is 68.2 Å². The maximum atomic E-state index is 5.54. The van der Waals surface area contributed by atoms with Crippen LogP contribution >= 0.6 is 0 Å². The highest BCUT2D eigenvalue weighted by molar-refractivity contribution is 5.35. The lowest BCUT2D eigenvalue weighted by atomic mass is 9.90. The lowest BCUT2D eigenvalue weighted by Crippen LogP contribution is -2.33. The number of hydrogen-bond donors (Lipinski definition) is 1. The van der Waals surface area contributed by atoms with E-state index in [4.69, 9.17) is 10.3 Å². The summed E-state index contributed by atoms with van der Waals surface area (Å²) in [5, 5.41) is 4.04. The van der Waals surface area contributed by atoms with E-state index < -0.39 is 0 Å². The van der Waals surface area contributed by atoms with E-state index in [0.717, 1.165) is 18.9 Å². The fourth-order valence-electron chi connectivity index (χ4n) is 3.29. The maximum absolute atomic E-state index is 5.54. The van der Waals surface area contributed by atoms with Crippen LogP contribution in [-0.2, 0) is 13.1 Å². The first-order valence-electron chi connectivity index (χ1n) is 8.00. The first kappa shape index (κ1) is 15.2. The summed E-state index contributed by atoms with van der Waals surface area (Å²) in [4.78, 5) is 6.82. The fraction of sp³-hybridized carbons (Fsp3) is 0.529. The minimum Gasteiger partial charge on any atom is -0.338 e. The second-order valence-corrected chi connectivity index (χ2v) is 6.08. The van der Waals surface area contributed by atoms with Crippen molar-refractivity contribution in [2.75, 3.05) is 6.54 Å². The minimum absolute atomic E-state index is 0.299. The Balaban J connectivity index is 1.83. The van der Waals surface area contributed by atoms with E-state index in [1.165, 1.54) is 36.0 Å². The van der Waals surface area contributed by atoms with Gasteiger partial charge in [0.05, 0.1) is 13.1 Å². The van der Waals surface area contributed by atoms with Gasteiger partial charge >= 0.3 is 0 Å². The second kappa shape index (κ2) is 6.58. The summed E-state index contributed by atoms with van der Waals surface area (Å²) in [5.41, 5.74) is 9.73. The van der Waals surface area contributed by atoms with Gasteiger partial charge < -0.3 is 10.3 Å². The van der Waals surface area contributed by atoms with Crippen molar-refractivity contribution in [2.24, 2.45) is 5.73 Å². The van der Waals surface area contributed by atoms with Crippen LogP contribution in [-0.4, -0.2) is 21.6 Å². The molecule has 1 fully saturated rings. The molecule has 2 N–H and O–H groups in total. The number of nitrogens with zero attached hydrogens (tertiary/aromatic N) is 3. The van der Waals surface area contributed by atoms with E-state index in [9.17, 15) is 0 Å². The highest BCUT2D eigenvalue weighted by Crippen LogP contribution is 2.34. The monoisotopic (exact) mass is 300 g/mol. The zero-order valence-corrected chi connectivity index (χ0v) is 13.4. The van der Waals surface area contributed by atoms with Crippen LogP contribution in [0.3, 0.4) is 0 Å². The third-order valence-electron chi connectivity index (χ3n) is 4.65. The molecule has 1 atom stereocenters. The molecule has 0 radical (unpaired) electrons. The standard InChI is InChI=1S/C17H24N4O/c1-12-6-5-7-14(13(12)2)15-8-3-4-9-21(15)11-16-19-17(10-18)22-20-16/h5-7,15H,3-4,8-11,18H2,1-2H3. The molecule has 2 heterocycles. The van der Waals surface area contributed by atoms with E-state index in [1.807, 2.05) is 0 Å². The van der Waals surface area contributed by atoms with Gasteiger partial charge in [0.2, 0.25) is 5.89 Å². The average molecular weight is 300 g/mol. The van der Waals surface area contributed by atoms with Crippen LogP contribution in [0.15, 0.2) is 22.7 Å². The molecule has 0 aliphatic carbocycles. The van der Waals surface area contributed by atoms with Gasteiger partial charge in [-0.05, 0) is 49.9 Å². The summed E-state index contributed by atoms with van der Waals surface area (Å²) in [6, 6.07) is 7.03. The van der Waals surface area contributed by atoms with Crippen molar-refractivity contribution in [1.82, 2.24) is 15.0 Å². The SMILES string of the molecule is Cc1cccc(C2CCCCN2Cc2noc(CN)n2)c1C. The number of aryl methyl sites for hydroxylation is 1. The van der Waals surface area contributed by atoms with Crippen molar-refractivity contribution in [3.8, 4) is 0 Å². The number of likely N-dealkylation sites (tertiary alicyclic amines) is 1. The molecule has 1 unspecified atom stereocenters. The smallest absolute Gasteiger partial charge is 0.240 e. The number of aromatic nitrogens is 2. The van der Waals surface area contributed by atoms with Gasteiger partial charge in [-0.3, -0.25) is 4.90 Å². The molecular weight excluding hydrogens is 276 g/mol. The van der Waals surface area contributed by atoms with Crippen LogP contribution in [0, 0.1) is 13.8 Å². The molecule has 22 heavy (non-hydrogen) atoms. The van der Waals surface area contributed by atoms with Crippen molar-refractivity contribution >= 4 is 0 Å². The van der Waals surface area contributed by atoms with Gasteiger partial charge in [0, 0.05) is 6.04 Å². The Morgan fingerprint density at radius 3 is 2.95 bits per heavy atom. The Bertz CT molecular complexity index is 637. The van der Waals surface area contributed by atoms with Crippen LogP contribution in [0.2, 0.25) is 0 Å². The third kappa shape index (κ3) is 3.05. The fourth-order valence-corrected chi connectivity index (χ4v) is 3.29. The zero-order valence-electron chi connectivity index (χ0n) is 13.4. The zero-order chi connectivity index (χ0) is 15.5. The van der Waals surface area contributed by atoms with Crippen LogP contribution in [0.4, 0.5) is 0 Å². The molecule has 5 nitrogen and oxygen atoms in total.